The summed E-state index contributed by atoms with van der Waals surface area (Å²) >= 11 is 0. The highest BCUT2D eigenvalue weighted by molar-refractivity contribution is 5.76. The van der Waals surface area contributed by atoms with Crippen molar-refractivity contribution in [1.82, 2.24) is 4.98 Å². The molecule has 2 unspecified atom stereocenters. The Kier molecular flexibility index (Phi) is 3.89. The van der Waals surface area contributed by atoms with Gasteiger partial charge in [0.1, 0.15) is 12.1 Å². The number of methoxy groups -OCH3 is 1. The maximum Gasteiger partial charge on any atom is 0.221 e. The molecule has 0 saturated heterocycles. The Bertz CT molecular complexity index is 582. The summed E-state index contributed by atoms with van der Waals surface area (Å²) in [5.74, 6) is 0.602. The van der Waals surface area contributed by atoms with Crippen molar-refractivity contribution in [3.05, 3.63) is 24.1 Å². The highest BCUT2D eigenvalue weighted by Gasteiger charge is 2.22. The van der Waals surface area contributed by atoms with Gasteiger partial charge in [0, 0.05) is 18.9 Å². The molecule has 2 aromatic rings. The van der Waals surface area contributed by atoms with Crippen LogP contribution in [0.3, 0.4) is 0 Å². The zero-order chi connectivity index (χ0) is 13.9. The van der Waals surface area contributed by atoms with Gasteiger partial charge in [-0.1, -0.05) is 0 Å². The standard InChI is InChI=1S/C15H20N2O3/c1-18-11-3-2-4-12(8-11)19-9-15-17-13-6-5-10(16)7-14(13)20-15/h5-7,11-12H,2-4,8-9,16H2,1H3. The Morgan fingerprint density at radius 3 is 3.05 bits per heavy atom. The first-order valence-electron chi connectivity index (χ1n) is 7.04. The fraction of sp³-hybridized carbons (Fsp3) is 0.533. The first-order chi connectivity index (χ1) is 9.74. The number of nitrogens with two attached hydrogens (primary N) is 1. The van der Waals surface area contributed by atoms with Gasteiger partial charge in [0.15, 0.2) is 5.58 Å². The molecule has 0 aliphatic heterocycles. The number of nitrogen functional groups attached to an aromatic ring is 1. The quantitative estimate of drug-likeness (QED) is 0.869. The van der Waals surface area contributed by atoms with Gasteiger partial charge in [-0.15, -0.1) is 0 Å². The molecule has 1 saturated carbocycles. The number of aromatic nitrogens is 1. The van der Waals surface area contributed by atoms with E-state index in [1.54, 1.807) is 13.2 Å². The van der Waals surface area contributed by atoms with Gasteiger partial charge < -0.3 is 19.6 Å². The number of ether oxygens (including phenoxy) is 2. The molecule has 1 heterocycles. The number of rotatable bonds is 4. The summed E-state index contributed by atoms with van der Waals surface area (Å²) in [6.45, 7) is 0.398. The lowest BCUT2D eigenvalue weighted by Gasteiger charge is -2.27. The van der Waals surface area contributed by atoms with Crippen LogP contribution in [0.1, 0.15) is 31.6 Å². The number of hydrogen-bond donors (Lipinski definition) is 1. The molecule has 2 N–H and O–H groups in total. The van der Waals surface area contributed by atoms with Gasteiger partial charge in [-0.25, -0.2) is 4.98 Å². The van der Waals surface area contributed by atoms with Gasteiger partial charge in [0.2, 0.25) is 5.89 Å². The zero-order valence-electron chi connectivity index (χ0n) is 11.7. The maximum absolute atomic E-state index is 5.89. The Morgan fingerprint density at radius 2 is 2.20 bits per heavy atom. The van der Waals surface area contributed by atoms with Gasteiger partial charge in [-0.3, -0.25) is 0 Å². The lowest BCUT2D eigenvalue weighted by molar-refractivity contribution is -0.0413. The Labute approximate surface area is 118 Å². The smallest absolute Gasteiger partial charge is 0.221 e. The van der Waals surface area contributed by atoms with Gasteiger partial charge in [0.05, 0.1) is 12.2 Å². The van der Waals surface area contributed by atoms with E-state index >= 15 is 0 Å². The van der Waals surface area contributed by atoms with Gasteiger partial charge in [0.25, 0.3) is 0 Å². The molecule has 3 rings (SSSR count). The molecule has 1 aliphatic rings. The predicted molar refractivity (Wildman–Crippen MR) is 76.3 cm³/mol. The summed E-state index contributed by atoms with van der Waals surface area (Å²) < 4.78 is 16.9. The minimum absolute atomic E-state index is 0.230. The van der Waals surface area contributed by atoms with Gasteiger partial charge >= 0.3 is 0 Å². The maximum atomic E-state index is 5.89. The third kappa shape index (κ3) is 2.94. The van der Waals surface area contributed by atoms with Crippen molar-refractivity contribution in [1.29, 1.82) is 0 Å². The second kappa shape index (κ2) is 5.81. The molecule has 108 valence electrons. The predicted octanol–water partition coefficient (Wildman–Crippen LogP) is 2.88. The van der Waals surface area contributed by atoms with Crippen LogP contribution < -0.4 is 5.73 Å². The largest absolute Gasteiger partial charge is 0.438 e. The van der Waals surface area contributed by atoms with E-state index in [1.165, 1.54) is 0 Å². The lowest BCUT2D eigenvalue weighted by atomic mass is 9.95. The molecule has 0 bridgehead atoms. The van der Waals surface area contributed by atoms with Crippen LogP contribution >= 0.6 is 0 Å². The monoisotopic (exact) mass is 276 g/mol. The zero-order valence-corrected chi connectivity index (χ0v) is 11.7. The average Bonchev–Trinajstić information content (AvgIpc) is 2.87. The number of fused-ring (bicyclic) bond motifs is 1. The van der Waals surface area contributed by atoms with E-state index < -0.39 is 0 Å². The first kappa shape index (κ1) is 13.4. The van der Waals surface area contributed by atoms with Crippen LogP contribution in [0.25, 0.3) is 11.1 Å². The Morgan fingerprint density at radius 1 is 1.35 bits per heavy atom. The molecule has 0 amide bonds. The van der Waals surface area contributed by atoms with Crippen LogP contribution in [0.2, 0.25) is 0 Å². The summed E-state index contributed by atoms with van der Waals surface area (Å²) in [5.41, 5.74) is 7.92. The molecule has 0 spiro atoms. The van der Waals surface area contributed by atoms with Crippen molar-refractivity contribution in [2.45, 2.75) is 44.5 Å². The minimum atomic E-state index is 0.230. The second-order valence-electron chi connectivity index (χ2n) is 5.29. The molecule has 1 fully saturated rings. The second-order valence-corrected chi connectivity index (χ2v) is 5.29. The molecule has 20 heavy (non-hydrogen) atoms. The summed E-state index contributed by atoms with van der Waals surface area (Å²) in [7, 11) is 1.76. The number of nitrogens with zero attached hydrogens (tertiary/aromatic N) is 1. The van der Waals surface area contributed by atoms with Crippen LogP contribution in [0.5, 0.6) is 0 Å². The van der Waals surface area contributed by atoms with Gasteiger partial charge in [-0.2, -0.15) is 0 Å². The van der Waals surface area contributed by atoms with E-state index in [9.17, 15) is 0 Å². The molecular formula is C15H20N2O3. The number of oxazole rings is 1. The molecule has 5 heteroatoms. The van der Waals surface area contributed by atoms with E-state index in [1.807, 2.05) is 12.1 Å². The van der Waals surface area contributed by atoms with E-state index in [4.69, 9.17) is 19.6 Å². The summed E-state index contributed by atoms with van der Waals surface area (Å²) in [5, 5.41) is 0. The molecular weight excluding hydrogens is 256 g/mol. The van der Waals surface area contributed by atoms with Crippen molar-refractivity contribution in [2.24, 2.45) is 0 Å². The fourth-order valence-electron chi connectivity index (χ4n) is 2.71. The number of benzene rings is 1. The van der Waals surface area contributed by atoms with Crippen molar-refractivity contribution < 1.29 is 13.9 Å². The number of hydrogen-bond acceptors (Lipinski definition) is 5. The minimum Gasteiger partial charge on any atom is -0.438 e. The highest BCUT2D eigenvalue weighted by atomic mass is 16.5. The summed E-state index contributed by atoms with van der Waals surface area (Å²) in [4.78, 5) is 4.40. The van der Waals surface area contributed by atoms with E-state index in [0.717, 1.165) is 31.2 Å². The van der Waals surface area contributed by atoms with Crippen molar-refractivity contribution >= 4 is 16.8 Å². The third-order valence-electron chi connectivity index (χ3n) is 3.81. The molecule has 1 aliphatic carbocycles. The molecule has 5 nitrogen and oxygen atoms in total. The molecule has 2 atom stereocenters. The van der Waals surface area contributed by atoms with E-state index in [0.29, 0.717) is 29.9 Å². The van der Waals surface area contributed by atoms with Crippen LogP contribution in [-0.2, 0) is 16.1 Å². The van der Waals surface area contributed by atoms with E-state index in [-0.39, 0.29) is 6.10 Å². The summed E-state index contributed by atoms with van der Waals surface area (Å²) in [6.07, 6.45) is 4.84. The Hall–Kier alpha value is -1.59. The van der Waals surface area contributed by atoms with Crippen LogP contribution in [0.15, 0.2) is 22.6 Å². The Balaban J connectivity index is 1.62. The van der Waals surface area contributed by atoms with Crippen LogP contribution in [-0.4, -0.2) is 24.3 Å². The molecule has 1 aromatic carbocycles. The topological polar surface area (TPSA) is 70.5 Å². The SMILES string of the molecule is COC1CCCC(OCc2nc3ccc(N)cc3o2)C1. The fourth-order valence-corrected chi connectivity index (χ4v) is 2.71. The number of anilines is 1. The molecule has 1 aromatic heterocycles. The lowest BCUT2D eigenvalue weighted by Crippen LogP contribution is -2.27. The third-order valence-corrected chi connectivity index (χ3v) is 3.81. The highest BCUT2D eigenvalue weighted by Crippen LogP contribution is 2.25. The van der Waals surface area contributed by atoms with Crippen molar-refractivity contribution in [2.75, 3.05) is 12.8 Å². The van der Waals surface area contributed by atoms with Crippen LogP contribution in [0.4, 0.5) is 5.69 Å². The van der Waals surface area contributed by atoms with Crippen LogP contribution in [0, 0.1) is 0 Å². The first-order valence-corrected chi connectivity index (χ1v) is 7.04. The van der Waals surface area contributed by atoms with Crippen molar-refractivity contribution in [3.63, 3.8) is 0 Å². The normalized spacial score (nSPS) is 23.2. The average molecular weight is 276 g/mol. The van der Waals surface area contributed by atoms with Crippen molar-refractivity contribution in [3.8, 4) is 0 Å². The van der Waals surface area contributed by atoms with Gasteiger partial charge in [-0.05, 0) is 37.8 Å². The molecule has 0 radical (unpaired) electrons. The van der Waals surface area contributed by atoms with E-state index in [2.05, 4.69) is 4.98 Å². The summed E-state index contributed by atoms with van der Waals surface area (Å²) in [6, 6.07) is 5.46.